The molecule has 0 fully saturated rings. The van der Waals surface area contributed by atoms with E-state index in [1.807, 2.05) is 20.8 Å². The molecule has 1 amide bonds. The lowest BCUT2D eigenvalue weighted by atomic mass is 9.96. The van der Waals surface area contributed by atoms with Crippen LogP contribution in [-0.2, 0) is 4.74 Å². The first-order chi connectivity index (χ1) is 6.87. The van der Waals surface area contributed by atoms with Crippen molar-refractivity contribution in [2.24, 2.45) is 0 Å². The zero-order valence-corrected chi connectivity index (χ0v) is 10.1. The van der Waals surface area contributed by atoms with E-state index in [0.29, 0.717) is 0 Å². The van der Waals surface area contributed by atoms with Crippen molar-refractivity contribution < 1.29 is 9.53 Å². The molecule has 0 radical (unpaired) electrons. The Balaban J connectivity index is 2.33. The average molecular weight is 211 g/mol. The first-order valence-corrected chi connectivity index (χ1v) is 5.52. The summed E-state index contributed by atoms with van der Waals surface area (Å²) >= 11 is 0. The van der Waals surface area contributed by atoms with Crippen LogP contribution in [0.2, 0.25) is 0 Å². The maximum Gasteiger partial charge on any atom is 0.407 e. The zero-order chi connectivity index (χ0) is 11.5. The van der Waals surface area contributed by atoms with Crippen LogP contribution in [0, 0.1) is 0 Å². The fraction of sp³-hybridized carbons (Fsp3) is 0.750. The first kappa shape index (κ1) is 12.1. The monoisotopic (exact) mass is 211 g/mol. The van der Waals surface area contributed by atoms with Crippen molar-refractivity contribution in [3.8, 4) is 0 Å². The molecule has 0 unspecified atom stereocenters. The van der Waals surface area contributed by atoms with Crippen LogP contribution in [0.4, 0.5) is 4.79 Å². The van der Waals surface area contributed by atoms with Crippen molar-refractivity contribution in [1.82, 2.24) is 5.32 Å². The van der Waals surface area contributed by atoms with Gasteiger partial charge in [0.25, 0.3) is 0 Å². The molecular formula is C12H21NO2. The van der Waals surface area contributed by atoms with E-state index in [1.54, 1.807) is 0 Å². The van der Waals surface area contributed by atoms with Gasteiger partial charge in [-0.05, 0) is 47.0 Å². The van der Waals surface area contributed by atoms with Gasteiger partial charge in [0.1, 0.15) is 5.60 Å². The van der Waals surface area contributed by atoms with Crippen LogP contribution in [0.3, 0.4) is 0 Å². The number of amides is 1. The lowest BCUT2D eigenvalue weighted by molar-refractivity contribution is 0.0501. The topological polar surface area (TPSA) is 38.3 Å². The van der Waals surface area contributed by atoms with Gasteiger partial charge in [0.05, 0.1) is 0 Å². The highest BCUT2D eigenvalue weighted by molar-refractivity contribution is 5.68. The molecule has 1 aliphatic carbocycles. The summed E-state index contributed by atoms with van der Waals surface area (Å²) in [6.07, 6.45) is 4.89. The summed E-state index contributed by atoms with van der Waals surface area (Å²) in [6, 6.07) is 0.239. The number of hydrogen-bond acceptors (Lipinski definition) is 2. The minimum atomic E-state index is -0.412. The summed E-state index contributed by atoms with van der Waals surface area (Å²) in [5.41, 5.74) is 1.00. The third kappa shape index (κ3) is 4.86. The zero-order valence-electron chi connectivity index (χ0n) is 10.1. The summed E-state index contributed by atoms with van der Waals surface area (Å²) in [5, 5.41) is 2.89. The molecule has 86 valence electrons. The van der Waals surface area contributed by atoms with Crippen LogP contribution in [0.5, 0.6) is 0 Å². The number of allylic oxidation sites excluding steroid dienone is 1. The molecule has 0 aromatic carbocycles. The summed E-state index contributed by atoms with van der Waals surface area (Å²) in [7, 11) is 0. The molecule has 0 heterocycles. The Labute approximate surface area is 91.9 Å². The van der Waals surface area contributed by atoms with Crippen molar-refractivity contribution in [2.45, 2.75) is 58.6 Å². The van der Waals surface area contributed by atoms with Crippen LogP contribution in [0.15, 0.2) is 11.6 Å². The van der Waals surface area contributed by atoms with Crippen molar-refractivity contribution in [3.05, 3.63) is 11.6 Å². The Hall–Kier alpha value is -0.990. The van der Waals surface area contributed by atoms with Gasteiger partial charge in [-0.15, -0.1) is 0 Å². The van der Waals surface area contributed by atoms with Gasteiger partial charge in [-0.25, -0.2) is 4.79 Å². The number of rotatable bonds is 1. The minimum Gasteiger partial charge on any atom is -0.444 e. The lowest BCUT2D eigenvalue weighted by Crippen LogP contribution is -2.39. The third-order valence-corrected chi connectivity index (χ3v) is 2.36. The normalized spacial score (nSPS) is 21.9. The third-order valence-electron chi connectivity index (χ3n) is 2.36. The molecule has 0 saturated heterocycles. The molecule has 1 N–H and O–H groups in total. The van der Waals surface area contributed by atoms with Gasteiger partial charge in [0.15, 0.2) is 0 Å². The molecule has 1 aliphatic rings. The van der Waals surface area contributed by atoms with E-state index < -0.39 is 5.60 Å². The molecule has 0 saturated carbocycles. The molecule has 1 rings (SSSR count). The number of hydrogen-bond donors (Lipinski definition) is 1. The Morgan fingerprint density at radius 3 is 2.67 bits per heavy atom. The second-order valence-electron chi connectivity index (χ2n) is 5.17. The smallest absolute Gasteiger partial charge is 0.407 e. The van der Waals surface area contributed by atoms with Gasteiger partial charge < -0.3 is 10.1 Å². The Kier molecular flexibility index (Phi) is 3.77. The molecule has 1 atom stereocenters. The number of ether oxygens (including phenoxy) is 1. The second kappa shape index (κ2) is 4.69. The second-order valence-corrected chi connectivity index (χ2v) is 5.17. The highest BCUT2D eigenvalue weighted by atomic mass is 16.6. The maximum atomic E-state index is 11.5. The number of alkyl carbamates (subject to hydrolysis) is 1. The van der Waals surface area contributed by atoms with E-state index >= 15 is 0 Å². The molecule has 0 aromatic heterocycles. The van der Waals surface area contributed by atoms with Crippen molar-refractivity contribution in [2.75, 3.05) is 0 Å². The van der Waals surface area contributed by atoms with Gasteiger partial charge in [0.2, 0.25) is 0 Å². The predicted octanol–water partition coefficient (Wildman–Crippen LogP) is 3.01. The molecule has 3 heteroatoms. The predicted molar refractivity (Wildman–Crippen MR) is 60.8 cm³/mol. The molecule has 0 aliphatic heterocycles. The highest BCUT2D eigenvalue weighted by Crippen LogP contribution is 2.17. The van der Waals surface area contributed by atoms with Gasteiger partial charge >= 0.3 is 6.09 Å². The SMILES string of the molecule is CC1=CC[C@@H](NC(=O)OC(C)(C)C)CC1. The van der Waals surface area contributed by atoms with Gasteiger partial charge in [0, 0.05) is 6.04 Å². The van der Waals surface area contributed by atoms with Crippen LogP contribution in [-0.4, -0.2) is 17.7 Å². The lowest BCUT2D eigenvalue weighted by Gasteiger charge is -2.25. The van der Waals surface area contributed by atoms with E-state index in [0.717, 1.165) is 19.3 Å². The van der Waals surface area contributed by atoms with Crippen molar-refractivity contribution >= 4 is 6.09 Å². The van der Waals surface area contributed by atoms with E-state index in [1.165, 1.54) is 5.57 Å². The number of carbonyl (C=O) groups excluding carboxylic acids is 1. The number of nitrogens with one attached hydrogen (secondary N) is 1. The van der Waals surface area contributed by atoms with Gasteiger partial charge in [-0.2, -0.15) is 0 Å². The molecule has 0 aromatic rings. The fourth-order valence-corrected chi connectivity index (χ4v) is 1.57. The van der Waals surface area contributed by atoms with Gasteiger partial charge in [-0.1, -0.05) is 11.6 Å². The number of carbonyl (C=O) groups is 1. The van der Waals surface area contributed by atoms with Crippen LogP contribution in [0.25, 0.3) is 0 Å². The summed E-state index contributed by atoms with van der Waals surface area (Å²) in [4.78, 5) is 11.5. The van der Waals surface area contributed by atoms with Crippen LogP contribution < -0.4 is 5.32 Å². The van der Waals surface area contributed by atoms with Crippen LogP contribution in [0.1, 0.15) is 47.0 Å². The van der Waals surface area contributed by atoms with E-state index in [2.05, 4.69) is 18.3 Å². The van der Waals surface area contributed by atoms with Crippen molar-refractivity contribution in [1.29, 1.82) is 0 Å². The van der Waals surface area contributed by atoms with E-state index in [-0.39, 0.29) is 12.1 Å². The summed E-state index contributed by atoms with van der Waals surface area (Å²) in [6.45, 7) is 7.75. The summed E-state index contributed by atoms with van der Waals surface area (Å²) in [5.74, 6) is 0. The maximum absolute atomic E-state index is 11.5. The van der Waals surface area contributed by atoms with Crippen LogP contribution >= 0.6 is 0 Å². The van der Waals surface area contributed by atoms with E-state index in [9.17, 15) is 4.79 Å². The Bertz CT molecular complexity index is 263. The Morgan fingerprint density at radius 1 is 1.53 bits per heavy atom. The molecule has 0 bridgehead atoms. The Morgan fingerprint density at radius 2 is 2.20 bits per heavy atom. The highest BCUT2D eigenvalue weighted by Gasteiger charge is 2.20. The molecule has 3 nitrogen and oxygen atoms in total. The largest absolute Gasteiger partial charge is 0.444 e. The molecule has 0 spiro atoms. The molecular weight excluding hydrogens is 190 g/mol. The van der Waals surface area contributed by atoms with Gasteiger partial charge in [-0.3, -0.25) is 0 Å². The summed E-state index contributed by atoms with van der Waals surface area (Å²) < 4.78 is 5.20. The minimum absolute atomic E-state index is 0.239. The average Bonchev–Trinajstić information content (AvgIpc) is 2.05. The first-order valence-electron chi connectivity index (χ1n) is 5.52. The quantitative estimate of drug-likeness (QED) is 0.677. The standard InChI is InChI=1S/C12H21NO2/c1-9-5-7-10(8-6-9)13-11(14)15-12(2,3)4/h5,10H,6-8H2,1-4H3,(H,13,14)/t10-/m1/s1. The van der Waals surface area contributed by atoms with E-state index in [4.69, 9.17) is 4.74 Å². The fourth-order valence-electron chi connectivity index (χ4n) is 1.57. The van der Waals surface area contributed by atoms with Crippen molar-refractivity contribution in [3.63, 3.8) is 0 Å². The molecule has 15 heavy (non-hydrogen) atoms.